The fourth-order valence-electron chi connectivity index (χ4n) is 2.55. The van der Waals surface area contributed by atoms with Crippen LogP contribution in [0.2, 0.25) is 0 Å². The molecule has 1 saturated heterocycles. The van der Waals surface area contributed by atoms with E-state index < -0.39 is 60.4 Å². The van der Waals surface area contributed by atoms with Gasteiger partial charge in [0.05, 0.1) is 0 Å². The van der Waals surface area contributed by atoms with Crippen molar-refractivity contribution in [3.05, 3.63) is 0 Å². The van der Waals surface area contributed by atoms with E-state index in [1.807, 2.05) is 0 Å². The SMILES string of the molecule is CC(=O)NC1[C@@H](OC(C)=O)OC(COC(C)=O)[C@H](OC(C)=O)[C@@H]1OC(C)=O. The fourth-order valence-corrected chi connectivity index (χ4v) is 2.55. The van der Waals surface area contributed by atoms with Crippen molar-refractivity contribution in [2.45, 2.75) is 65.3 Å². The maximum atomic E-state index is 11.6. The molecule has 1 aliphatic rings. The number of carbonyl (C=O) groups is 5. The molecule has 0 aromatic carbocycles. The molecule has 0 aromatic rings. The molecule has 152 valence electrons. The van der Waals surface area contributed by atoms with E-state index in [9.17, 15) is 24.0 Å². The normalized spacial score (nSPS) is 27.1. The standard InChI is InChI=1S/C16H23NO10/c1-7(18)17-13-15(25-10(4)21)14(24-9(3)20)12(6-23-8(2)19)27-16(13)26-11(5)22/h12-16H,6H2,1-5H3,(H,17,18)/t12?,13?,14-,15+,16-/m0/s1. The second-order valence-corrected chi connectivity index (χ2v) is 5.83. The predicted octanol–water partition coefficient (Wildman–Crippen LogP) is -0.794. The largest absolute Gasteiger partial charge is 0.463 e. The molecule has 1 aliphatic heterocycles. The van der Waals surface area contributed by atoms with Gasteiger partial charge >= 0.3 is 23.9 Å². The first-order valence-electron chi connectivity index (χ1n) is 8.08. The van der Waals surface area contributed by atoms with E-state index in [0.717, 1.165) is 27.7 Å². The van der Waals surface area contributed by atoms with Gasteiger partial charge in [-0.2, -0.15) is 0 Å². The highest BCUT2D eigenvalue weighted by molar-refractivity contribution is 5.74. The number of amides is 1. The summed E-state index contributed by atoms with van der Waals surface area (Å²) in [6.07, 6.45) is -4.97. The van der Waals surface area contributed by atoms with Gasteiger partial charge in [0.25, 0.3) is 0 Å². The van der Waals surface area contributed by atoms with Crippen LogP contribution in [0, 0.1) is 0 Å². The van der Waals surface area contributed by atoms with Crippen molar-refractivity contribution in [1.29, 1.82) is 0 Å². The molecule has 0 aromatic heterocycles. The van der Waals surface area contributed by atoms with Crippen LogP contribution in [0.15, 0.2) is 0 Å². The third kappa shape index (κ3) is 7.21. The van der Waals surface area contributed by atoms with Crippen LogP contribution in [0.25, 0.3) is 0 Å². The Morgan fingerprint density at radius 3 is 1.74 bits per heavy atom. The fraction of sp³-hybridized carbons (Fsp3) is 0.688. The molecule has 0 bridgehead atoms. The van der Waals surface area contributed by atoms with Crippen LogP contribution in [0.1, 0.15) is 34.6 Å². The first kappa shape index (κ1) is 22.4. The molecule has 27 heavy (non-hydrogen) atoms. The Balaban J connectivity index is 3.29. The number of hydrogen-bond donors (Lipinski definition) is 1. The maximum absolute atomic E-state index is 11.6. The Bertz CT molecular complexity index is 604. The van der Waals surface area contributed by atoms with Gasteiger partial charge in [-0.1, -0.05) is 0 Å². The van der Waals surface area contributed by atoms with E-state index in [1.165, 1.54) is 6.92 Å². The molecule has 1 rings (SSSR count). The molecule has 1 heterocycles. The molecule has 11 nitrogen and oxygen atoms in total. The van der Waals surface area contributed by atoms with Crippen molar-refractivity contribution in [2.75, 3.05) is 6.61 Å². The highest BCUT2D eigenvalue weighted by atomic mass is 16.7. The summed E-state index contributed by atoms with van der Waals surface area (Å²) in [4.78, 5) is 57.2. The Labute approximate surface area is 155 Å². The van der Waals surface area contributed by atoms with Gasteiger partial charge in [0.15, 0.2) is 12.2 Å². The molecule has 1 fully saturated rings. The molecule has 11 heteroatoms. The van der Waals surface area contributed by atoms with Crippen molar-refractivity contribution in [3.8, 4) is 0 Å². The van der Waals surface area contributed by atoms with Crippen LogP contribution < -0.4 is 5.32 Å². The molecule has 0 aliphatic carbocycles. The molecular formula is C16H23NO10. The minimum Gasteiger partial charge on any atom is -0.463 e. The second kappa shape index (κ2) is 9.86. The summed E-state index contributed by atoms with van der Waals surface area (Å²) in [6.45, 7) is 5.36. The maximum Gasteiger partial charge on any atom is 0.305 e. The van der Waals surface area contributed by atoms with Gasteiger partial charge < -0.3 is 29.0 Å². The van der Waals surface area contributed by atoms with Gasteiger partial charge in [0.1, 0.15) is 18.8 Å². The van der Waals surface area contributed by atoms with E-state index in [-0.39, 0.29) is 6.61 Å². The minimum absolute atomic E-state index is 0.365. The highest BCUT2D eigenvalue weighted by Gasteiger charge is 2.52. The van der Waals surface area contributed by atoms with Crippen molar-refractivity contribution >= 4 is 29.8 Å². The minimum atomic E-state index is -1.37. The van der Waals surface area contributed by atoms with Gasteiger partial charge in [-0.15, -0.1) is 0 Å². The van der Waals surface area contributed by atoms with Gasteiger partial charge in [0, 0.05) is 34.6 Å². The molecule has 0 saturated carbocycles. The number of carbonyl (C=O) groups excluding carboxylic acids is 5. The van der Waals surface area contributed by atoms with Gasteiger partial charge in [-0.3, -0.25) is 24.0 Å². The quantitative estimate of drug-likeness (QED) is 0.453. The average Bonchev–Trinajstić information content (AvgIpc) is 2.49. The monoisotopic (exact) mass is 389 g/mol. The highest BCUT2D eigenvalue weighted by Crippen LogP contribution is 2.28. The average molecular weight is 389 g/mol. The van der Waals surface area contributed by atoms with Crippen molar-refractivity contribution in [3.63, 3.8) is 0 Å². The molecule has 0 spiro atoms. The Hall–Kier alpha value is -2.69. The lowest BCUT2D eigenvalue weighted by molar-refractivity contribution is -0.270. The van der Waals surface area contributed by atoms with Crippen molar-refractivity contribution in [2.24, 2.45) is 0 Å². The molecule has 1 N–H and O–H groups in total. The summed E-state index contributed by atoms with van der Waals surface area (Å²) >= 11 is 0. The number of hydrogen-bond acceptors (Lipinski definition) is 10. The number of ether oxygens (including phenoxy) is 5. The summed E-state index contributed by atoms with van der Waals surface area (Å²) in [6, 6.07) is -1.16. The van der Waals surface area contributed by atoms with E-state index in [0.29, 0.717) is 0 Å². The molecular weight excluding hydrogens is 366 g/mol. The first-order chi connectivity index (χ1) is 12.5. The zero-order chi connectivity index (χ0) is 20.7. The molecule has 2 unspecified atom stereocenters. The Kier molecular flexibility index (Phi) is 8.16. The van der Waals surface area contributed by atoms with Crippen LogP contribution >= 0.6 is 0 Å². The number of nitrogens with one attached hydrogen (secondary N) is 1. The van der Waals surface area contributed by atoms with E-state index in [2.05, 4.69) is 5.32 Å². The molecule has 0 radical (unpaired) electrons. The van der Waals surface area contributed by atoms with Gasteiger partial charge in [-0.05, 0) is 0 Å². The summed E-state index contributed by atoms with van der Waals surface area (Å²) in [5.74, 6) is -3.34. The summed E-state index contributed by atoms with van der Waals surface area (Å²) in [5.41, 5.74) is 0. The lowest BCUT2D eigenvalue weighted by Gasteiger charge is -2.44. The second-order valence-electron chi connectivity index (χ2n) is 5.83. The van der Waals surface area contributed by atoms with Gasteiger partial charge in [0.2, 0.25) is 12.2 Å². The third-order valence-electron chi connectivity index (χ3n) is 3.35. The molecule has 1 amide bonds. The zero-order valence-electron chi connectivity index (χ0n) is 15.7. The third-order valence-corrected chi connectivity index (χ3v) is 3.35. The van der Waals surface area contributed by atoms with Crippen LogP contribution in [-0.4, -0.2) is 67.0 Å². The summed E-state index contributed by atoms with van der Waals surface area (Å²) in [5, 5.41) is 2.46. The van der Waals surface area contributed by atoms with Crippen LogP contribution in [0.5, 0.6) is 0 Å². The summed E-state index contributed by atoms with van der Waals surface area (Å²) < 4.78 is 25.9. The van der Waals surface area contributed by atoms with Gasteiger partial charge in [-0.25, -0.2) is 0 Å². The predicted molar refractivity (Wildman–Crippen MR) is 85.8 cm³/mol. The van der Waals surface area contributed by atoms with E-state index in [4.69, 9.17) is 23.7 Å². The lowest BCUT2D eigenvalue weighted by Crippen LogP contribution is -2.66. The number of rotatable bonds is 6. The Morgan fingerprint density at radius 2 is 1.30 bits per heavy atom. The number of esters is 4. The van der Waals surface area contributed by atoms with Crippen molar-refractivity contribution in [1.82, 2.24) is 5.32 Å². The Morgan fingerprint density at radius 1 is 0.778 bits per heavy atom. The first-order valence-corrected chi connectivity index (χ1v) is 8.08. The molecule has 5 atom stereocenters. The van der Waals surface area contributed by atoms with Crippen LogP contribution in [-0.2, 0) is 47.7 Å². The smallest absolute Gasteiger partial charge is 0.305 e. The van der Waals surface area contributed by atoms with Crippen LogP contribution in [0.4, 0.5) is 0 Å². The van der Waals surface area contributed by atoms with Crippen LogP contribution in [0.3, 0.4) is 0 Å². The van der Waals surface area contributed by atoms with Crippen molar-refractivity contribution < 1.29 is 47.7 Å². The topological polar surface area (TPSA) is 144 Å². The van der Waals surface area contributed by atoms with E-state index >= 15 is 0 Å². The van der Waals surface area contributed by atoms with E-state index in [1.54, 1.807) is 0 Å². The summed E-state index contributed by atoms with van der Waals surface area (Å²) in [7, 11) is 0. The lowest BCUT2D eigenvalue weighted by atomic mass is 9.96. The zero-order valence-corrected chi connectivity index (χ0v) is 15.7.